The summed E-state index contributed by atoms with van der Waals surface area (Å²) < 4.78 is 10.7. The molecule has 0 saturated carbocycles. The molecule has 0 spiro atoms. The fourth-order valence-electron chi connectivity index (χ4n) is 2.77. The molecular weight excluding hydrogens is 471 g/mol. The number of carbonyl (C=O) groups excluding carboxylic acids is 1. The summed E-state index contributed by atoms with van der Waals surface area (Å²) in [5.41, 5.74) is 0.507. The zero-order valence-corrected chi connectivity index (χ0v) is 19.6. The van der Waals surface area contributed by atoms with Crippen molar-refractivity contribution in [2.45, 2.75) is 52.2 Å². The molecule has 2 N–H and O–H groups in total. The second-order valence-electron chi connectivity index (χ2n) is 7.93. The summed E-state index contributed by atoms with van der Waals surface area (Å²) in [7, 11) is 0. The third kappa shape index (κ3) is 8.99. The zero-order valence-electron chi connectivity index (χ0n) is 17.3. The molecular formula is C20H33IN4O3. The van der Waals surface area contributed by atoms with Crippen LogP contribution in [0.4, 0.5) is 4.79 Å². The number of carbonyl (C=O) groups is 1. The van der Waals surface area contributed by atoms with Crippen molar-refractivity contribution in [2.24, 2.45) is 4.99 Å². The van der Waals surface area contributed by atoms with Crippen molar-refractivity contribution in [3.63, 3.8) is 0 Å². The molecule has 2 heterocycles. The van der Waals surface area contributed by atoms with Gasteiger partial charge in [-0.3, -0.25) is 0 Å². The Labute approximate surface area is 185 Å². The van der Waals surface area contributed by atoms with E-state index in [1.165, 1.54) is 0 Å². The Kier molecular flexibility index (Phi) is 9.84. The van der Waals surface area contributed by atoms with Crippen LogP contribution < -0.4 is 10.6 Å². The fourth-order valence-corrected chi connectivity index (χ4v) is 2.77. The number of nitrogens with one attached hydrogen (secondary N) is 2. The van der Waals surface area contributed by atoms with Crippen LogP contribution in [0.5, 0.6) is 0 Å². The number of rotatable bonds is 6. The van der Waals surface area contributed by atoms with Gasteiger partial charge < -0.3 is 24.7 Å². The molecule has 1 aromatic rings. The maximum atomic E-state index is 12.0. The van der Waals surface area contributed by atoms with Crippen molar-refractivity contribution in [3.05, 3.63) is 36.3 Å². The van der Waals surface area contributed by atoms with Gasteiger partial charge in [-0.2, -0.15) is 0 Å². The largest absolute Gasteiger partial charge is 0.469 e. The van der Waals surface area contributed by atoms with Crippen LogP contribution in [0.15, 0.2) is 40.0 Å². The molecule has 158 valence electrons. The van der Waals surface area contributed by atoms with E-state index in [-0.39, 0.29) is 36.1 Å². The molecule has 1 saturated heterocycles. The monoisotopic (exact) mass is 504 g/mol. The van der Waals surface area contributed by atoms with Crippen LogP contribution in [-0.4, -0.2) is 54.8 Å². The summed E-state index contributed by atoms with van der Waals surface area (Å²) in [6.45, 7) is 14.3. The number of hydrogen-bond acceptors (Lipinski definition) is 4. The van der Waals surface area contributed by atoms with E-state index in [2.05, 4.69) is 27.1 Å². The lowest BCUT2D eigenvalue weighted by Gasteiger charge is -2.23. The third-order valence-corrected chi connectivity index (χ3v) is 3.94. The summed E-state index contributed by atoms with van der Waals surface area (Å²) in [4.78, 5) is 18.8. The summed E-state index contributed by atoms with van der Waals surface area (Å²) in [6.07, 6.45) is 2.94. The fraction of sp³-hybridized carbons (Fsp3) is 0.600. The van der Waals surface area contributed by atoms with Gasteiger partial charge >= 0.3 is 6.09 Å². The Morgan fingerprint density at radius 2 is 2.21 bits per heavy atom. The van der Waals surface area contributed by atoms with Gasteiger partial charge in [-0.25, -0.2) is 9.79 Å². The second-order valence-corrected chi connectivity index (χ2v) is 7.93. The highest BCUT2D eigenvalue weighted by molar-refractivity contribution is 14.0. The molecule has 0 bridgehead atoms. The number of likely N-dealkylation sites (tertiary alicyclic amines) is 1. The number of guanidine groups is 1. The summed E-state index contributed by atoms with van der Waals surface area (Å²) in [6, 6.07) is 3.89. The topological polar surface area (TPSA) is 79.1 Å². The van der Waals surface area contributed by atoms with Gasteiger partial charge in [0.25, 0.3) is 0 Å². The quantitative estimate of drug-likeness (QED) is 0.268. The Bertz CT molecular complexity index is 653. The minimum absolute atomic E-state index is 0. The van der Waals surface area contributed by atoms with Crippen molar-refractivity contribution in [1.29, 1.82) is 0 Å². The highest BCUT2D eigenvalue weighted by Gasteiger charge is 2.27. The molecule has 1 fully saturated rings. The first kappa shape index (κ1) is 24.3. The SMILES string of the molecule is C=C(C)CN=C(NCCc1ccco1)N1CCC(NC(=O)OC(C)(C)C)C1.I. The first-order chi connectivity index (χ1) is 12.7. The number of halogens is 1. The van der Waals surface area contributed by atoms with E-state index in [0.29, 0.717) is 13.1 Å². The Hall–Kier alpha value is -1.71. The number of aliphatic imine (C=N–C) groups is 1. The lowest BCUT2D eigenvalue weighted by atomic mass is 10.2. The highest BCUT2D eigenvalue weighted by Crippen LogP contribution is 2.12. The normalized spacial score (nSPS) is 17.1. The number of amides is 1. The van der Waals surface area contributed by atoms with E-state index in [4.69, 9.17) is 9.15 Å². The maximum absolute atomic E-state index is 12.0. The van der Waals surface area contributed by atoms with Crippen LogP contribution >= 0.6 is 24.0 Å². The standard InChI is InChI=1S/C20H32N4O3.HI/c1-15(2)13-22-18(21-10-8-17-7-6-12-26-17)24-11-9-16(14-24)23-19(25)27-20(3,4)5;/h6-7,12,16H,1,8-11,13-14H2,2-5H3,(H,21,22)(H,23,25);1H. The minimum atomic E-state index is -0.496. The van der Waals surface area contributed by atoms with Crippen LogP contribution in [0.2, 0.25) is 0 Å². The first-order valence-corrected chi connectivity index (χ1v) is 9.42. The van der Waals surface area contributed by atoms with Crippen LogP contribution in [0.25, 0.3) is 0 Å². The van der Waals surface area contributed by atoms with E-state index in [1.54, 1.807) is 6.26 Å². The molecule has 8 heteroatoms. The van der Waals surface area contributed by atoms with Gasteiger partial charge in [0.05, 0.1) is 18.8 Å². The van der Waals surface area contributed by atoms with Gasteiger partial charge in [-0.05, 0) is 46.2 Å². The predicted molar refractivity (Wildman–Crippen MR) is 122 cm³/mol. The lowest BCUT2D eigenvalue weighted by molar-refractivity contribution is 0.0507. The number of hydrogen-bond donors (Lipinski definition) is 2. The molecule has 1 amide bonds. The summed E-state index contributed by atoms with van der Waals surface area (Å²) in [5.74, 6) is 1.77. The molecule has 2 rings (SSSR count). The molecule has 0 aliphatic carbocycles. The first-order valence-electron chi connectivity index (χ1n) is 9.42. The third-order valence-electron chi connectivity index (χ3n) is 3.94. The number of alkyl carbamates (subject to hydrolysis) is 1. The van der Waals surface area contributed by atoms with Gasteiger partial charge in [-0.1, -0.05) is 12.2 Å². The predicted octanol–water partition coefficient (Wildman–Crippen LogP) is 3.56. The minimum Gasteiger partial charge on any atom is -0.469 e. The van der Waals surface area contributed by atoms with Crippen LogP contribution in [-0.2, 0) is 11.2 Å². The van der Waals surface area contributed by atoms with Gasteiger partial charge in [0, 0.05) is 26.1 Å². The molecule has 1 aliphatic heterocycles. The van der Waals surface area contributed by atoms with Crippen LogP contribution in [0.3, 0.4) is 0 Å². The molecule has 1 aromatic heterocycles. The smallest absolute Gasteiger partial charge is 0.407 e. The van der Waals surface area contributed by atoms with Crippen LogP contribution in [0, 0.1) is 0 Å². The number of nitrogens with zero attached hydrogens (tertiary/aromatic N) is 2. The van der Waals surface area contributed by atoms with Gasteiger partial charge in [0.1, 0.15) is 11.4 Å². The van der Waals surface area contributed by atoms with Gasteiger partial charge in [0.2, 0.25) is 0 Å². The average molecular weight is 504 g/mol. The van der Waals surface area contributed by atoms with E-state index in [0.717, 1.165) is 43.2 Å². The molecule has 28 heavy (non-hydrogen) atoms. The molecule has 0 radical (unpaired) electrons. The second kappa shape index (κ2) is 11.3. The zero-order chi connectivity index (χ0) is 19.9. The van der Waals surface area contributed by atoms with Gasteiger partial charge in [-0.15, -0.1) is 24.0 Å². The van der Waals surface area contributed by atoms with Crippen molar-refractivity contribution in [2.75, 3.05) is 26.2 Å². The molecule has 0 aromatic carbocycles. The maximum Gasteiger partial charge on any atom is 0.407 e. The summed E-state index contributed by atoms with van der Waals surface area (Å²) in [5, 5.41) is 6.34. The Morgan fingerprint density at radius 3 is 2.82 bits per heavy atom. The van der Waals surface area contributed by atoms with Crippen molar-refractivity contribution >= 4 is 36.0 Å². The number of ether oxygens (including phenoxy) is 1. The van der Waals surface area contributed by atoms with E-state index in [9.17, 15) is 4.79 Å². The Balaban J connectivity index is 0.00000392. The Morgan fingerprint density at radius 1 is 1.46 bits per heavy atom. The number of furan rings is 1. The molecule has 1 aliphatic rings. The van der Waals surface area contributed by atoms with Crippen molar-refractivity contribution in [1.82, 2.24) is 15.5 Å². The van der Waals surface area contributed by atoms with E-state index in [1.807, 2.05) is 39.8 Å². The lowest BCUT2D eigenvalue weighted by Crippen LogP contribution is -2.44. The van der Waals surface area contributed by atoms with E-state index >= 15 is 0 Å². The van der Waals surface area contributed by atoms with Crippen molar-refractivity contribution < 1.29 is 13.9 Å². The molecule has 1 unspecified atom stereocenters. The van der Waals surface area contributed by atoms with E-state index < -0.39 is 5.60 Å². The molecule has 7 nitrogen and oxygen atoms in total. The highest BCUT2D eigenvalue weighted by atomic mass is 127. The molecule has 1 atom stereocenters. The van der Waals surface area contributed by atoms with Crippen molar-refractivity contribution in [3.8, 4) is 0 Å². The van der Waals surface area contributed by atoms with Gasteiger partial charge in [0.15, 0.2) is 5.96 Å². The summed E-state index contributed by atoms with van der Waals surface area (Å²) >= 11 is 0. The van der Waals surface area contributed by atoms with Crippen LogP contribution in [0.1, 0.15) is 39.9 Å². The average Bonchev–Trinajstić information content (AvgIpc) is 3.20.